The maximum atomic E-state index is 10.9. The monoisotopic (exact) mass is 228 g/mol. The molecule has 0 aliphatic rings. The molecule has 2 rings (SSSR count). The Morgan fingerprint density at radius 2 is 2.29 bits per heavy atom. The Balaban J connectivity index is 2.28. The van der Waals surface area contributed by atoms with Gasteiger partial charge in [0.2, 0.25) is 5.88 Å². The van der Waals surface area contributed by atoms with E-state index >= 15 is 0 Å². The van der Waals surface area contributed by atoms with Crippen LogP contribution >= 0.6 is 0 Å². The van der Waals surface area contributed by atoms with Crippen LogP contribution in [0.1, 0.15) is 16.2 Å². The van der Waals surface area contributed by atoms with E-state index in [4.69, 9.17) is 10.5 Å². The second kappa shape index (κ2) is 4.61. The zero-order valence-corrected chi connectivity index (χ0v) is 9.18. The third-order valence-corrected chi connectivity index (χ3v) is 2.07. The molecule has 5 heteroatoms. The molecule has 0 aromatic carbocycles. The predicted molar refractivity (Wildman–Crippen MR) is 60.6 cm³/mol. The number of ether oxygens (including phenoxy) is 1. The maximum absolute atomic E-state index is 10.9. The van der Waals surface area contributed by atoms with E-state index in [-0.39, 0.29) is 11.6 Å². The van der Waals surface area contributed by atoms with E-state index < -0.39 is 5.91 Å². The van der Waals surface area contributed by atoms with Gasteiger partial charge in [0.15, 0.2) is 5.75 Å². The van der Waals surface area contributed by atoms with Crippen LogP contribution in [0, 0.1) is 13.0 Å². The minimum atomic E-state index is -0.640. The molecule has 85 valence electrons. The molecule has 17 heavy (non-hydrogen) atoms. The van der Waals surface area contributed by atoms with Crippen molar-refractivity contribution in [2.75, 3.05) is 0 Å². The van der Waals surface area contributed by atoms with Crippen LogP contribution in [0.2, 0.25) is 0 Å². The summed E-state index contributed by atoms with van der Waals surface area (Å²) in [4.78, 5) is 18.9. The van der Waals surface area contributed by atoms with Gasteiger partial charge in [-0.05, 0) is 25.1 Å². The van der Waals surface area contributed by atoms with Gasteiger partial charge in [0.1, 0.15) is 5.69 Å². The molecule has 0 spiro atoms. The molecule has 1 radical (unpaired) electrons. The smallest absolute Gasteiger partial charge is 0.268 e. The van der Waals surface area contributed by atoms with E-state index in [2.05, 4.69) is 16.0 Å². The first-order chi connectivity index (χ1) is 8.16. The molecule has 0 fully saturated rings. The van der Waals surface area contributed by atoms with Gasteiger partial charge < -0.3 is 10.5 Å². The van der Waals surface area contributed by atoms with Crippen LogP contribution in [0.5, 0.6) is 11.6 Å². The molecular formula is C12H10N3O2. The summed E-state index contributed by atoms with van der Waals surface area (Å²) in [6.45, 7) is 1.82. The minimum absolute atomic E-state index is 0.0454. The topological polar surface area (TPSA) is 78.1 Å². The third kappa shape index (κ3) is 2.57. The summed E-state index contributed by atoms with van der Waals surface area (Å²) in [5.74, 6) is 0.230. The van der Waals surface area contributed by atoms with Gasteiger partial charge in [0.05, 0.1) is 5.69 Å². The van der Waals surface area contributed by atoms with E-state index in [1.54, 1.807) is 24.4 Å². The van der Waals surface area contributed by atoms with E-state index in [9.17, 15) is 4.79 Å². The Bertz CT molecular complexity index is 555. The van der Waals surface area contributed by atoms with Crippen LogP contribution in [0.15, 0.2) is 30.5 Å². The van der Waals surface area contributed by atoms with E-state index in [1.807, 2.05) is 6.92 Å². The number of hydrogen-bond donors (Lipinski definition) is 1. The molecule has 2 aromatic heterocycles. The minimum Gasteiger partial charge on any atom is -0.437 e. The highest BCUT2D eigenvalue weighted by molar-refractivity contribution is 5.90. The van der Waals surface area contributed by atoms with Gasteiger partial charge in [-0.3, -0.25) is 9.78 Å². The SMILES string of the molecule is Cc1ncccc1Oc1cc[c]c(C(N)=O)n1. The molecule has 0 unspecified atom stereocenters. The molecule has 2 N–H and O–H groups in total. The number of carbonyl (C=O) groups excluding carboxylic acids is 1. The largest absolute Gasteiger partial charge is 0.437 e. The number of nitrogens with two attached hydrogens (primary N) is 1. The average molecular weight is 228 g/mol. The average Bonchev–Trinajstić information content (AvgIpc) is 2.32. The number of amides is 1. The number of carbonyl (C=O) groups is 1. The lowest BCUT2D eigenvalue weighted by Gasteiger charge is -2.06. The van der Waals surface area contributed by atoms with Crippen LogP contribution in [0.25, 0.3) is 0 Å². The van der Waals surface area contributed by atoms with Crippen molar-refractivity contribution >= 4 is 5.91 Å². The molecule has 0 saturated heterocycles. The molecule has 0 bridgehead atoms. The van der Waals surface area contributed by atoms with E-state index in [0.29, 0.717) is 5.75 Å². The normalized spacial score (nSPS) is 9.94. The highest BCUT2D eigenvalue weighted by Gasteiger charge is 2.06. The number of nitrogens with zero attached hydrogens (tertiary/aromatic N) is 2. The fraction of sp³-hybridized carbons (Fsp3) is 0.0833. The van der Waals surface area contributed by atoms with Crippen LogP contribution < -0.4 is 10.5 Å². The van der Waals surface area contributed by atoms with Crippen molar-refractivity contribution in [1.29, 1.82) is 0 Å². The first-order valence-electron chi connectivity index (χ1n) is 4.95. The first kappa shape index (κ1) is 11.1. The summed E-state index contributed by atoms with van der Waals surface area (Å²) in [7, 11) is 0. The number of aromatic nitrogens is 2. The Morgan fingerprint density at radius 3 is 3.00 bits per heavy atom. The van der Waals surface area contributed by atoms with E-state index in [1.165, 1.54) is 6.07 Å². The molecule has 0 aliphatic carbocycles. The van der Waals surface area contributed by atoms with Crippen LogP contribution in [-0.4, -0.2) is 15.9 Å². The number of rotatable bonds is 3. The highest BCUT2D eigenvalue weighted by atomic mass is 16.5. The summed E-state index contributed by atoms with van der Waals surface area (Å²) in [5, 5.41) is 0. The molecule has 1 amide bonds. The predicted octanol–water partition coefficient (Wildman–Crippen LogP) is 1.48. The lowest BCUT2D eigenvalue weighted by atomic mass is 10.3. The van der Waals surface area contributed by atoms with Gasteiger partial charge in [-0.15, -0.1) is 0 Å². The molecule has 0 atom stereocenters. The second-order valence-corrected chi connectivity index (χ2v) is 3.33. The van der Waals surface area contributed by atoms with Crippen LogP contribution in [-0.2, 0) is 0 Å². The molecule has 2 aromatic rings. The maximum Gasteiger partial charge on any atom is 0.268 e. The number of aryl methyl sites for hydroxylation is 1. The van der Waals surface area contributed by atoms with Gasteiger partial charge >= 0.3 is 0 Å². The second-order valence-electron chi connectivity index (χ2n) is 3.33. The summed E-state index contributed by atoms with van der Waals surface area (Å²) in [6.07, 6.45) is 1.67. The Morgan fingerprint density at radius 1 is 1.47 bits per heavy atom. The van der Waals surface area contributed by atoms with Crippen LogP contribution in [0.4, 0.5) is 0 Å². The van der Waals surface area contributed by atoms with Crippen molar-refractivity contribution in [3.05, 3.63) is 47.9 Å². The summed E-state index contributed by atoms with van der Waals surface area (Å²) in [5.41, 5.74) is 5.89. The zero-order valence-electron chi connectivity index (χ0n) is 9.18. The zero-order chi connectivity index (χ0) is 12.3. The van der Waals surface area contributed by atoms with Crippen molar-refractivity contribution in [3.63, 3.8) is 0 Å². The molecular weight excluding hydrogens is 218 g/mol. The van der Waals surface area contributed by atoms with E-state index in [0.717, 1.165) is 5.69 Å². The highest BCUT2D eigenvalue weighted by Crippen LogP contribution is 2.21. The van der Waals surface area contributed by atoms with Gasteiger partial charge in [-0.25, -0.2) is 4.98 Å². The van der Waals surface area contributed by atoms with Crippen molar-refractivity contribution < 1.29 is 9.53 Å². The number of pyridine rings is 2. The standard InChI is InChI=1S/C12H10N3O2/c1-8-10(5-3-7-14-8)17-11-6-2-4-9(15-11)12(13)16/h2-3,5-7H,1H3,(H2,13,16). The molecule has 2 heterocycles. The Hall–Kier alpha value is -2.43. The van der Waals surface area contributed by atoms with Gasteiger partial charge in [0, 0.05) is 18.3 Å². The molecule has 0 aliphatic heterocycles. The van der Waals surface area contributed by atoms with Crippen molar-refractivity contribution in [3.8, 4) is 11.6 Å². The van der Waals surface area contributed by atoms with Gasteiger partial charge in [-0.1, -0.05) is 0 Å². The van der Waals surface area contributed by atoms with Crippen LogP contribution in [0.3, 0.4) is 0 Å². The van der Waals surface area contributed by atoms with Crippen molar-refractivity contribution in [1.82, 2.24) is 9.97 Å². The van der Waals surface area contributed by atoms with Gasteiger partial charge in [0.25, 0.3) is 5.91 Å². The molecule has 0 saturated carbocycles. The third-order valence-electron chi connectivity index (χ3n) is 2.07. The number of primary amides is 1. The quantitative estimate of drug-likeness (QED) is 0.862. The lowest BCUT2D eigenvalue weighted by Crippen LogP contribution is -2.13. The summed E-state index contributed by atoms with van der Waals surface area (Å²) >= 11 is 0. The first-order valence-corrected chi connectivity index (χ1v) is 4.95. The Labute approximate surface area is 98.3 Å². The summed E-state index contributed by atoms with van der Waals surface area (Å²) < 4.78 is 5.50. The van der Waals surface area contributed by atoms with Crippen molar-refractivity contribution in [2.45, 2.75) is 6.92 Å². The fourth-order valence-corrected chi connectivity index (χ4v) is 1.24. The summed E-state index contributed by atoms with van der Waals surface area (Å²) in [6, 6.07) is 9.28. The number of hydrogen-bond acceptors (Lipinski definition) is 4. The lowest BCUT2D eigenvalue weighted by molar-refractivity contribution is 0.0994. The van der Waals surface area contributed by atoms with Gasteiger partial charge in [-0.2, -0.15) is 0 Å². The molecule has 5 nitrogen and oxygen atoms in total. The Kier molecular flexibility index (Phi) is 3.00. The fourth-order valence-electron chi connectivity index (χ4n) is 1.24. The van der Waals surface area contributed by atoms with Crippen molar-refractivity contribution in [2.24, 2.45) is 5.73 Å².